The third-order valence-corrected chi connectivity index (χ3v) is 9.65. The molecule has 0 radical (unpaired) electrons. The minimum absolute atomic E-state index is 0.0843. The molecule has 0 fully saturated rings. The first-order valence-corrected chi connectivity index (χ1v) is 17.1. The van der Waals surface area contributed by atoms with Gasteiger partial charge in [0, 0.05) is 30.6 Å². The van der Waals surface area contributed by atoms with E-state index in [1.54, 1.807) is 12.1 Å². The Hall–Kier alpha value is -4.54. The molecule has 0 aliphatic rings. The van der Waals surface area contributed by atoms with Crippen molar-refractivity contribution >= 4 is 39.1 Å². The molecule has 0 saturated heterocycles. The number of benzene rings is 4. The molecule has 0 heterocycles. The second-order valence-corrected chi connectivity index (χ2v) is 13.3. The Morgan fingerprint density at radius 3 is 2.13 bits per heavy atom. The average molecular weight is 678 g/mol. The lowest BCUT2D eigenvalue weighted by Crippen LogP contribution is -2.53. The summed E-state index contributed by atoms with van der Waals surface area (Å²) in [6.45, 7) is 3.84. The first kappa shape index (κ1) is 35.3. The monoisotopic (exact) mass is 677 g/mol. The molecule has 0 aliphatic heterocycles. The van der Waals surface area contributed by atoms with E-state index in [4.69, 9.17) is 21.1 Å². The lowest BCUT2D eigenvalue weighted by Gasteiger charge is -2.34. The fraction of sp³-hybridized carbons (Fsp3) is 0.278. The van der Waals surface area contributed by atoms with Gasteiger partial charge in [0.25, 0.3) is 10.0 Å². The summed E-state index contributed by atoms with van der Waals surface area (Å²) in [6, 6.07) is 26.6. The van der Waals surface area contributed by atoms with E-state index < -0.39 is 28.5 Å². The Bertz CT molecular complexity index is 1750. The predicted octanol–water partition coefficient (Wildman–Crippen LogP) is 6.03. The molecule has 11 heteroatoms. The maximum absolute atomic E-state index is 14.5. The van der Waals surface area contributed by atoms with E-state index in [9.17, 15) is 18.0 Å². The van der Waals surface area contributed by atoms with E-state index >= 15 is 0 Å². The number of methoxy groups -OCH3 is 2. The lowest BCUT2D eigenvalue weighted by atomic mass is 10.0. The molecule has 47 heavy (non-hydrogen) atoms. The summed E-state index contributed by atoms with van der Waals surface area (Å²) >= 11 is 6.16. The third kappa shape index (κ3) is 9.05. The molecule has 0 spiro atoms. The molecule has 9 nitrogen and oxygen atoms in total. The van der Waals surface area contributed by atoms with Gasteiger partial charge in [0.2, 0.25) is 11.8 Å². The van der Waals surface area contributed by atoms with Crippen molar-refractivity contribution in [2.45, 2.75) is 44.2 Å². The fourth-order valence-corrected chi connectivity index (χ4v) is 6.61. The van der Waals surface area contributed by atoms with Gasteiger partial charge in [-0.1, -0.05) is 78.7 Å². The Morgan fingerprint density at radius 2 is 1.51 bits per heavy atom. The van der Waals surface area contributed by atoms with Gasteiger partial charge < -0.3 is 19.7 Å². The average Bonchev–Trinajstić information content (AvgIpc) is 3.08. The van der Waals surface area contributed by atoms with Gasteiger partial charge in [0.05, 0.1) is 24.8 Å². The molecule has 4 aromatic carbocycles. The zero-order valence-electron chi connectivity index (χ0n) is 27.0. The topological polar surface area (TPSA) is 105 Å². The number of rotatable bonds is 15. The highest BCUT2D eigenvalue weighted by Gasteiger charge is 2.35. The Kier molecular flexibility index (Phi) is 12.3. The van der Waals surface area contributed by atoms with Crippen molar-refractivity contribution in [1.29, 1.82) is 0 Å². The number of amides is 2. The third-order valence-electron chi connectivity index (χ3n) is 7.63. The molecule has 2 amide bonds. The van der Waals surface area contributed by atoms with Crippen LogP contribution in [-0.2, 0) is 32.6 Å². The molecular formula is C36H40ClN3O6S. The second kappa shape index (κ2) is 16.3. The number of sulfonamides is 1. The van der Waals surface area contributed by atoms with Gasteiger partial charge in [-0.15, -0.1) is 0 Å². The van der Waals surface area contributed by atoms with Crippen LogP contribution in [0.5, 0.6) is 11.5 Å². The molecule has 1 N–H and O–H groups in total. The molecule has 0 aliphatic carbocycles. The molecule has 1 unspecified atom stereocenters. The number of nitrogens with one attached hydrogen (secondary N) is 1. The van der Waals surface area contributed by atoms with Crippen LogP contribution >= 0.6 is 11.6 Å². The summed E-state index contributed by atoms with van der Waals surface area (Å²) in [5.74, 6) is -0.312. The predicted molar refractivity (Wildman–Crippen MR) is 184 cm³/mol. The SMILES string of the molecule is CCCNC(=O)C(Cc1ccccc1)N(Cc1ccc(C)cc1)C(=O)CN(c1ccc(Cl)cc1)S(=O)(=O)c1ccc(OC)c(OC)c1. The highest BCUT2D eigenvalue weighted by atomic mass is 35.5. The number of hydrogen-bond donors (Lipinski definition) is 1. The summed E-state index contributed by atoms with van der Waals surface area (Å²) in [4.78, 5) is 29.7. The van der Waals surface area contributed by atoms with E-state index in [1.165, 1.54) is 49.5 Å². The molecule has 4 aromatic rings. The highest BCUT2D eigenvalue weighted by Crippen LogP contribution is 2.33. The van der Waals surface area contributed by atoms with Crippen LogP contribution in [0.25, 0.3) is 0 Å². The van der Waals surface area contributed by atoms with Gasteiger partial charge in [0.1, 0.15) is 12.6 Å². The molecular weight excluding hydrogens is 638 g/mol. The summed E-state index contributed by atoms with van der Waals surface area (Å²) in [5.41, 5.74) is 2.93. The zero-order valence-corrected chi connectivity index (χ0v) is 28.6. The Labute approximate surface area is 282 Å². The molecule has 248 valence electrons. The van der Waals surface area contributed by atoms with Crippen molar-refractivity contribution in [1.82, 2.24) is 10.2 Å². The van der Waals surface area contributed by atoms with Crippen LogP contribution < -0.4 is 19.1 Å². The summed E-state index contributed by atoms with van der Waals surface area (Å²) in [5, 5.41) is 3.35. The maximum Gasteiger partial charge on any atom is 0.264 e. The maximum atomic E-state index is 14.5. The van der Waals surface area contributed by atoms with Crippen molar-refractivity contribution in [2.24, 2.45) is 0 Å². The summed E-state index contributed by atoms with van der Waals surface area (Å²) in [7, 11) is -1.48. The lowest BCUT2D eigenvalue weighted by molar-refractivity contribution is -0.140. The van der Waals surface area contributed by atoms with Gasteiger partial charge in [-0.05, 0) is 60.9 Å². The van der Waals surface area contributed by atoms with Crippen molar-refractivity contribution in [3.63, 3.8) is 0 Å². The van der Waals surface area contributed by atoms with Crippen molar-refractivity contribution in [3.8, 4) is 11.5 Å². The van der Waals surface area contributed by atoms with Gasteiger partial charge in [-0.3, -0.25) is 13.9 Å². The van der Waals surface area contributed by atoms with E-state index in [1.807, 2.05) is 68.4 Å². The number of aryl methyl sites for hydroxylation is 1. The summed E-state index contributed by atoms with van der Waals surface area (Å²) in [6.07, 6.45) is 0.945. The number of nitrogens with zero attached hydrogens (tertiary/aromatic N) is 2. The van der Waals surface area contributed by atoms with E-state index in [0.717, 1.165) is 21.0 Å². The van der Waals surface area contributed by atoms with Crippen LogP contribution in [0.3, 0.4) is 0 Å². The van der Waals surface area contributed by atoms with Crippen molar-refractivity contribution in [2.75, 3.05) is 31.6 Å². The van der Waals surface area contributed by atoms with Gasteiger partial charge in [-0.2, -0.15) is 0 Å². The number of anilines is 1. The van der Waals surface area contributed by atoms with Crippen molar-refractivity contribution < 1.29 is 27.5 Å². The second-order valence-electron chi connectivity index (χ2n) is 11.0. The molecule has 0 bridgehead atoms. The van der Waals surface area contributed by atoms with Gasteiger partial charge in [0.15, 0.2) is 11.5 Å². The van der Waals surface area contributed by atoms with Crippen LogP contribution in [0.1, 0.15) is 30.0 Å². The van der Waals surface area contributed by atoms with E-state index in [-0.39, 0.29) is 35.2 Å². The van der Waals surface area contributed by atoms with Crippen LogP contribution in [0.15, 0.2) is 102 Å². The van der Waals surface area contributed by atoms with E-state index in [2.05, 4.69) is 5.32 Å². The smallest absolute Gasteiger partial charge is 0.264 e. The van der Waals surface area contributed by atoms with Crippen LogP contribution in [0.2, 0.25) is 5.02 Å². The van der Waals surface area contributed by atoms with Crippen LogP contribution in [0, 0.1) is 6.92 Å². The van der Waals surface area contributed by atoms with Crippen LogP contribution in [-0.4, -0.2) is 58.5 Å². The van der Waals surface area contributed by atoms with Crippen molar-refractivity contribution in [3.05, 3.63) is 119 Å². The molecule has 4 rings (SSSR count). The molecule has 0 saturated carbocycles. The number of halogens is 1. The number of carbonyl (C=O) groups is 2. The molecule has 0 aromatic heterocycles. The fourth-order valence-electron chi connectivity index (χ4n) is 5.05. The first-order valence-electron chi connectivity index (χ1n) is 15.2. The largest absolute Gasteiger partial charge is 0.493 e. The minimum Gasteiger partial charge on any atom is -0.493 e. The van der Waals surface area contributed by atoms with Crippen LogP contribution in [0.4, 0.5) is 5.69 Å². The minimum atomic E-state index is -4.34. The Balaban J connectivity index is 1.81. The standard InChI is InChI=1S/C36H40ClN3O6S/c1-5-21-38-36(42)32(22-27-9-7-6-8-10-27)39(24-28-13-11-26(2)12-14-28)35(41)25-40(30-17-15-29(37)16-18-30)47(43,44)31-19-20-33(45-3)34(23-31)46-4/h6-20,23,32H,5,21-22,24-25H2,1-4H3,(H,38,42). The number of hydrogen-bond acceptors (Lipinski definition) is 6. The first-order chi connectivity index (χ1) is 22.6. The Morgan fingerprint density at radius 1 is 0.851 bits per heavy atom. The van der Waals surface area contributed by atoms with Gasteiger partial charge >= 0.3 is 0 Å². The quantitative estimate of drug-likeness (QED) is 0.165. The summed E-state index contributed by atoms with van der Waals surface area (Å²) < 4.78 is 40.3. The molecule has 1 atom stereocenters. The highest BCUT2D eigenvalue weighted by molar-refractivity contribution is 7.92. The normalized spacial score (nSPS) is 11.8. The van der Waals surface area contributed by atoms with Gasteiger partial charge in [-0.25, -0.2) is 8.42 Å². The number of ether oxygens (including phenoxy) is 2. The van der Waals surface area contributed by atoms with E-state index in [0.29, 0.717) is 23.7 Å². The number of carbonyl (C=O) groups excluding carboxylic acids is 2. The zero-order chi connectivity index (χ0) is 34.0.